The number of fused-ring (bicyclic) bond motifs is 2. The molecule has 0 unspecified atom stereocenters. The van der Waals surface area contributed by atoms with E-state index in [9.17, 15) is 4.79 Å². The van der Waals surface area contributed by atoms with Gasteiger partial charge in [-0.2, -0.15) is 0 Å². The van der Waals surface area contributed by atoms with Gasteiger partial charge >= 0.3 is 0 Å². The van der Waals surface area contributed by atoms with E-state index in [0.717, 1.165) is 30.6 Å². The first kappa shape index (κ1) is 18.4. The molecular weight excluding hydrogens is 348 g/mol. The Hall–Kier alpha value is -3.01. The van der Waals surface area contributed by atoms with Crippen molar-refractivity contribution in [2.24, 2.45) is 0 Å². The molecule has 3 aromatic rings. The Morgan fingerprint density at radius 3 is 2.68 bits per heavy atom. The Labute approximate surface area is 166 Å². The van der Waals surface area contributed by atoms with Crippen molar-refractivity contribution in [1.82, 2.24) is 4.90 Å². The van der Waals surface area contributed by atoms with E-state index in [-0.39, 0.29) is 5.91 Å². The molecule has 4 heteroatoms. The van der Waals surface area contributed by atoms with E-state index in [1.165, 1.54) is 16.6 Å². The van der Waals surface area contributed by atoms with E-state index in [2.05, 4.69) is 48.3 Å². The quantitative estimate of drug-likeness (QED) is 0.618. The summed E-state index contributed by atoms with van der Waals surface area (Å²) >= 11 is 0. The van der Waals surface area contributed by atoms with Gasteiger partial charge < -0.3 is 14.5 Å². The fourth-order valence-electron chi connectivity index (χ4n) is 3.79. The lowest BCUT2D eigenvalue weighted by Gasteiger charge is -2.21. The Balaban J connectivity index is 1.32. The molecule has 0 atom stereocenters. The molecule has 1 heterocycles. The zero-order chi connectivity index (χ0) is 19.3. The van der Waals surface area contributed by atoms with Gasteiger partial charge in [0.1, 0.15) is 5.75 Å². The van der Waals surface area contributed by atoms with Crippen LogP contribution >= 0.6 is 0 Å². The van der Waals surface area contributed by atoms with E-state index in [0.29, 0.717) is 19.6 Å². The van der Waals surface area contributed by atoms with Gasteiger partial charge in [0, 0.05) is 44.2 Å². The zero-order valence-corrected chi connectivity index (χ0v) is 16.3. The Morgan fingerprint density at radius 2 is 1.75 bits per heavy atom. The van der Waals surface area contributed by atoms with Crippen LogP contribution in [0.15, 0.2) is 66.7 Å². The highest BCUT2D eigenvalue weighted by Crippen LogP contribution is 2.26. The molecule has 0 aliphatic carbocycles. The van der Waals surface area contributed by atoms with Crippen LogP contribution in [-0.4, -0.2) is 37.6 Å². The number of ether oxygens (including phenoxy) is 1. The van der Waals surface area contributed by atoms with Crippen LogP contribution in [0.5, 0.6) is 5.75 Å². The van der Waals surface area contributed by atoms with E-state index in [1.54, 1.807) is 0 Å². The minimum Gasteiger partial charge on any atom is -0.493 e. The maximum Gasteiger partial charge on any atom is 0.223 e. The van der Waals surface area contributed by atoms with Gasteiger partial charge in [-0.3, -0.25) is 4.79 Å². The first-order chi connectivity index (χ1) is 13.7. The van der Waals surface area contributed by atoms with Crippen LogP contribution in [0.3, 0.4) is 0 Å². The molecule has 0 saturated carbocycles. The zero-order valence-electron chi connectivity index (χ0n) is 16.3. The van der Waals surface area contributed by atoms with Crippen LogP contribution in [0.1, 0.15) is 18.4 Å². The van der Waals surface area contributed by atoms with Crippen molar-refractivity contribution in [3.05, 3.63) is 72.3 Å². The van der Waals surface area contributed by atoms with Crippen molar-refractivity contribution in [1.29, 1.82) is 0 Å². The standard InChI is InChI=1S/C24H26N2O2/c1-25-15-16-26(18-20-9-3-5-12-22(20)25)24(27)14-7-17-28-23-13-6-10-19-8-2-4-11-21(19)23/h2-6,8-13H,7,14-18H2,1H3. The number of amides is 1. The van der Waals surface area contributed by atoms with Crippen molar-refractivity contribution in [3.8, 4) is 5.75 Å². The van der Waals surface area contributed by atoms with Gasteiger partial charge in [-0.05, 0) is 29.5 Å². The lowest BCUT2D eigenvalue weighted by atomic mass is 10.1. The number of anilines is 1. The van der Waals surface area contributed by atoms with Crippen LogP contribution < -0.4 is 9.64 Å². The highest BCUT2D eigenvalue weighted by atomic mass is 16.5. The average Bonchev–Trinajstić information content (AvgIpc) is 2.90. The highest BCUT2D eigenvalue weighted by Gasteiger charge is 2.20. The molecule has 0 fully saturated rings. The monoisotopic (exact) mass is 374 g/mol. The molecule has 0 spiro atoms. The van der Waals surface area contributed by atoms with Gasteiger partial charge in [0.2, 0.25) is 5.91 Å². The molecule has 1 aliphatic rings. The summed E-state index contributed by atoms with van der Waals surface area (Å²) in [5.74, 6) is 1.09. The minimum atomic E-state index is 0.201. The van der Waals surface area contributed by atoms with Crippen LogP contribution in [-0.2, 0) is 11.3 Å². The average molecular weight is 374 g/mol. The summed E-state index contributed by atoms with van der Waals surface area (Å²) < 4.78 is 5.98. The molecule has 1 aliphatic heterocycles. The van der Waals surface area contributed by atoms with Gasteiger partial charge in [0.15, 0.2) is 0 Å². The molecule has 4 rings (SSSR count). The number of hydrogen-bond donors (Lipinski definition) is 0. The molecule has 28 heavy (non-hydrogen) atoms. The fraction of sp³-hybridized carbons (Fsp3) is 0.292. The van der Waals surface area contributed by atoms with Gasteiger partial charge in [-0.15, -0.1) is 0 Å². The fourth-order valence-corrected chi connectivity index (χ4v) is 3.79. The minimum absolute atomic E-state index is 0.201. The maximum absolute atomic E-state index is 12.7. The third kappa shape index (κ3) is 3.96. The molecule has 4 nitrogen and oxygen atoms in total. The largest absolute Gasteiger partial charge is 0.493 e. The van der Waals surface area contributed by atoms with E-state index in [4.69, 9.17) is 4.74 Å². The molecule has 0 bridgehead atoms. The number of benzene rings is 3. The maximum atomic E-state index is 12.7. The summed E-state index contributed by atoms with van der Waals surface area (Å²) in [6, 6.07) is 22.6. The lowest BCUT2D eigenvalue weighted by Crippen LogP contribution is -2.34. The summed E-state index contributed by atoms with van der Waals surface area (Å²) in [5, 5.41) is 2.28. The number of carbonyl (C=O) groups excluding carboxylic acids is 1. The first-order valence-corrected chi connectivity index (χ1v) is 9.90. The van der Waals surface area contributed by atoms with Crippen LogP contribution in [0.2, 0.25) is 0 Å². The van der Waals surface area contributed by atoms with Crippen molar-refractivity contribution < 1.29 is 9.53 Å². The number of rotatable bonds is 5. The van der Waals surface area contributed by atoms with Gasteiger partial charge in [-0.25, -0.2) is 0 Å². The molecule has 144 valence electrons. The summed E-state index contributed by atoms with van der Waals surface area (Å²) in [4.78, 5) is 16.9. The van der Waals surface area contributed by atoms with Crippen LogP contribution in [0, 0.1) is 0 Å². The number of nitrogens with zero attached hydrogens (tertiary/aromatic N) is 2. The molecule has 0 aromatic heterocycles. The molecule has 1 amide bonds. The highest BCUT2D eigenvalue weighted by molar-refractivity contribution is 5.88. The van der Waals surface area contributed by atoms with Gasteiger partial charge in [0.05, 0.1) is 6.61 Å². The molecule has 0 saturated heterocycles. The topological polar surface area (TPSA) is 32.8 Å². The Kier molecular flexibility index (Phi) is 5.47. The molecule has 0 N–H and O–H groups in total. The van der Waals surface area contributed by atoms with E-state index >= 15 is 0 Å². The number of carbonyl (C=O) groups is 1. The van der Waals surface area contributed by atoms with Crippen LogP contribution in [0.25, 0.3) is 10.8 Å². The first-order valence-electron chi connectivity index (χ1n) is 9.90. The summed E-state index contributed by atoms with van der Waals surface area (Å²) in [5.41, 5.74) is 2.43. The van der Waals surface area contributed by atoms with Gasteiger partial charge in [-0.1, -0.05) is 54.6 Å². The Bertz CT molecular complexity index is 964. The third-order valence-corrected chi connectivity index (χ3v) is 5.36. The third-order valence-electron chi connectivity index (χ3n) is 5.36. The Morgan fingerprint density at radius 1 is 0.964 bits per heavy atom. The second-order valence-electron chi connectivity index (χ2n) is 7.29. The van der Waals surface area contributed by atoms with Crippen LogP contribution in [0.4, 0.5) is 5.69 Å². The SMILES string of the molecule is CN1CCN(C(=O)CCCOc2cccc3ccccc23)Cc2ccccc21. The smallest absolute Gasteiger partial charge is 0.223 e. The van der Waals surface area contributed by atoms with Crippen molar-refractivity contribution in [2.75, 3.05) is 31.6 Å². The second kappa shape index (κ2) is 8.34. The predicted molar refractivity (Wildman–Crippen MR) is 114 cm³/mol. The van der Waals surface area contributed by atoms with Crippen molar-refractivity contribution >= 4 is 22.4 Å². The molecule has 0 radical (unpaired) electrons. The lowest BCUT2D eigenvalue weighted by molar-refractivity contribution is -0.131. The number of likely N-dealkylation sites (N-methyl/N-ethyl adjacent to an activating group) is 1. The summed E-state index contributed by atoms with van der Waals surface area (Å²) in [6.07, 6.45) is 1.23. The van der Waals surface area contributed by atoms with Gasteiger partial charge in [0.25, 0.3) is 0 Å². The van der Waals surface area contributed by atoms with Crippen molar-refractivity contribution in [2.45, 2.75) is 19.4 Å². The summed E-state index contributed by atoms with van der Waals surface area (Å²) in [7, 11) is 2.09. The van der Waals surface area contributed by atoms with E-state index in [1.807, 2.05) is 35.2 Å². The summed E-state index contributed by atoms with van der Waals surface area (Å²) in [6.45, 7) is 2.84. The second-order valence-corrected chi connectivity index (χ2v) is 7.29. The van der Waals surface area contributed by atoms with E-state index < -0.39 is 0 Å². The normalized spacial score (nSPS) is 13.9. The molecular formula is C24H26N2O2. The molecule has 3 aromatic carbocycles. The predicted octanol–water partition coefficient (Wildman–Crippen LogP) is 4.48. The number of hydrogen-bond acceptors (Lipinski definition) is 3. The number of para-hydroxylation sites is 1. The van der Waals surface area contributed by atoms with Crippen molar-refractivity contribution in [3.63, 3.8) is 0 Å².